The zero-order valence-corrected chi connectivity index (χ0v) is 9.36. The van der Waals surface area contributed by atoms with Gasteiger partial charge in [-0.1, -0.05) is 5.21 Å². The van der Waals surface area contributed by atoms with Crippen molar-refractivity contribution in [1.29, 1.82) is 0 Å². The summed E-state index contributed by atoms with van der Waals surface area (Å²) in [5.41, 5.74) is 1.20. The molecule has 1 saturated heterocycles. The molecular formula is C10H18N4O. The Morgan fingerprint density at radius 3 is 3.13 bits per heavy atom. The van der Waals surface area contributed by atoms with Crippen LogP contribution < -0.4 is 5.32 Å². The van der Waals surface area contributed by atoms with E-state index in [1.54, 1.807) is 10.9 Å². The van der Waals surface area contributed by atoms with Gasteiger partial charge in [-0.2, -0.15) is 0 Å². The van der Waals surface area contributed by atoms with Gasteiger partial charge in [0.15, 0.2) is 0 Å². The number of hydrogen-bond acceptors (Lipinski definition) is 4. The van der Waals surface area contributed by atoms with Crippen molar-refractivity contribution in [2.24, 2.45) is 7.05 Å². The van der Waals surface area contributed by atoms with Crippen LogP contribution in [-0.4, -0.2) is 33.7 Å². The van der Waals surface area contributed by atoms with E-state index in [0.717, 1.165) is 38.3 Å². The number of hydrogen-bond donors (Lipinski definition) is 1. The van der Waals surface area contributed by atoms with Gasteiger partial charge in [0.1, 0.15) is 0 Å². The highest BCUT2D eigenvalue weighted by Gasteiger charge is 2.26. The third-order valence-electron chi connectivity index (χ3n) is 2.94. The van der Waals surface area contributed by atoms with Crippen molar-refractivity contribution in [3.05, 3.63) is 11.9 Å². The number of nitrogens with one attached hydrogen (secondary N) is 1. The minimum absolute atomic E-state index is 0.0997. The average molecular weight is 210 g/mol. The van der Waals surface area contributed by atoms with Gasteiger partial charge in [0.2, 0.25) is 0 Å². The summed E-state index contributed by atoms with van der Waals surface area (Å²) in [6.07, 6.45) is 4.09. The first kappa shape index (κ1) is 10.6. The SMILES string of the molecule is Cn1nncc1CNC1(C)CCCOC1. The molecule has 1 aromatic heterocycles. The Morgan fingerprint density at radius 2 is 2.53 bits per heavy atom. The van der Waals surface area contributed by atoms with Crippen LogP contribution in [0.1, 0.15) is 25.5 Å². The second kappa shape index (κ2) is 4.28. The maximum atomic E-state index is 5.48. The number of aryl methyl sites for hydroxylation is 1. The van der Waals surface area contributed by atoms with Gasteiger partial charge in [-0.15, -0.1) is 5.10 Å². The Bertz CT molecular complexity index is 317. The van der Waals surface area contributed by atoms with E-state index in [1.165, 1.54) is 0 Å². The average Bonchev–Trinajstić information content (AvgIpc) is 2.62. The van der Waals surface area contributed by atoms with Crippen LogP contribution in [-0.2, 0) is 18.3 Å². The van der Waals surface area contributed by atoms with Crippen molar-refractivity contribution in [3.8, 4) is 0 Å². The molecule has 1 atom stereocenters. The van der Waals surface area contributed by atoms with Gasteiger partial charge in [-0.05, 0) is 19.8 Å². The Kier molecular flexibility index (Phi) is 3.02. The molecule has 0 amide bonds. The first-order valence-electron chi connectivity index (χ1n) is 5.36. The second-order valence-electron chi connectivity index (χ2n) is 4.42. The monoisotopic (exact) mass is 210 g/mol. The summed E-state index contributed by atoms with van der Waals surface area (Å²) >= 11 is 0. The highest BCUT2D eigenvalue weighted by atomic mass is 16.5. The van der Waals surface area contributed by atoms with Crippen molar-refractivity contribution >= 4 is 0 Å². The van der Waals surface area contributed by atoms with Gasteiger partial charge in [0, 0.05) is 25.7 Å². The molecule has 1 unspecified atom stereocenters. The minimum atomic E-state index is 0.0997. The largest absolute Gasteiger partial charge is 0.380 e. The lowest BCUT2D eigenvalue weighted by Crippen LogP contribution is -2.48. The first-order chi connectivity index (χ1) is 7.20. The van der Waals surface area contributed by atoms with E-state index in [2.05, 4.69) is 22.6 Å². The molecule has 5 heteroatoms. The van der Waals surface area contributed by atoms with Crippen molar-refractivity contribution in [2.45, 2.75) is 31.8 Å². The molecule has 0 aliphatic carbocycles. The molecular weight excluding hydrogens is 192 g/mol. The number of ether oxygens (including phenoxy) is 1. The van der Waals surface area contributed by atoms with E-state index in [4.69, 9.17) is 4.74 Å². The van der Waals surface area contributed by atoms with Crippen LogP contribution in [0.2, 0.25) is 0 Å². The number of rotatable bonds is 3. The lowest BCUT2D eigenvalue weighted by molar-refractivity contribution is 0.0275. The van der Waals surface area contributed by atoms with Crippen LogP contribution in [0.15, 0.2) is 6.20 Å². The Balaban J connectivity index is 1.89. The smallest absolute Gasteiger partial charge is 0.0738 e. The zero-order valence-electron chi connectivity index (χ0n) is 9.36. The molecule has 2 heterocycles. The fourth-order valence-corrected chi connectivity index (χ4v) is 1.85. The molecule has 84 valence electrons. The molecule has 0 radical (unpaired) electrons. The fraction of sp³-hybridized carbons (Fsp3) is 0.800. The van der Waals surface area contributed by atoms with Gasteiger partial charge >= 0.3 is 0 Å². The molecule has 5 nitrogen and oxygen atoms in total. The molecule has 0 spiro atoms. The molecule has 1 aromatic rings. The molecule has 1 aliphatic rings. The van der Waals surface area contributed by atoms with Gasteiger partial charge in [0.25, 0.3) is 0 Å². The summed E-state index contributed by atoms with van der Waals surface area (Å²) in [5.74, 6) is 0. The minimum Gasteiger partial charge on any atom is -0.380 e. The summed E-state index contributed by atoms with van der Waals surface area (Å²) in [7, 11) is 1.91. The number of nitrogens with zero attached hydrogens (tertiary/aromatic N) is 3. The molecule has 2 rings (SSSR count). The van der Waals surface area contributed by atoms with E-state index in [0.29, 0.717) is 0 Å². The van der Waals surface area contributed by atoms with E-state index in [-0.39, 0.29) is 5.54 Å². The maximum Gasteiger partial charge on any atom is 0.0738 e. The van der Waals surface area contributed by atoms with E-state index in [1.807, 2.05) is 7.05 Å². The van der Waals surface area contributed by atoms with Crippen LogP contribution in [0.3, 0.4) is 0 Å². The lowest BCUT2D eigenvalue weighted by Gasteiger charge is -2.34. The summed E-state index contributed by atoms with van der Waals surface area (Å²) in [5, 5.41) is 11.3. The molecule has 0 aromatic carbocycles. The Labute approximate surface area is 89.8 Å². The van der Waals surface area contributed by atoms with E-state index < -0.39 is 0 Å². The summed E-state index contributed by atoms with van der Waals surface area (Å²) in [6.45, 7) is 4.68. The normalized spacial score (nSPS) is 26.8. The maximum absolute atomic E-state index is 5.48. The van der Waals surface area contributed by atoms with Crippen LogP contribution in [0, 0.1) is 0 Å². The van der Waals surface area contributed by atoms with Crippen LogP contribution >= 0.6 is 0 Å². The Morgan fingerprint density at radius 1 is 1.67 bits per heavy atom. The highest BCUT2D eigenvalue weighted by Crippen LogP contribution is 2.18. The third-order valence-corrected chi connectivity index (χ3v) is 2.94. The summed E-state index contributed by atoms with van der Waals surface area (Å²) < 4.78 is 7.28. The zero-order chi connectivity index (χ0) is 10.7. The molecule has 1 N–H and O–H groups in total. The lowest BCUT2D eigenvalue weighted by atomic mass is 9.95. The van der Waals surface area contributed by atoms with E-state index >= 15 is 0 Å². The van der Waals surface area contributed by atoms with Crippen LogP contribution in [0.4, 0.5) is 0 Å². The molecule has 15 heavy (non-hydrogen) atoms. The molecule has 0 bridgehead atoms. The summed E-state index contributed by atoms with van der Waals surface area (Å²) in [6, 6.07) is 0. The first-order valence-corrected chi connectivity index (χ1v) is 5.36. The van der Waals surface area contributed by atoms with Crippen molar-refractivity contribution in [3.63, 3.8) is 0 Å². The van der Waals surface area contributed by atoms with Gasteiger partial charge in [-0.25, -0.2) is 0 Å². The van der Waals surface area contributed by atoms with Gasteiger partial charge in [-0.3, -0.25) is 4.68 Å². The Hall–Kier alpha value is -0.940. The second-order valence-corrected chi connectivity index (χ2v) is 4.42. The number of aromatic nitrogens is 3. The van der Waals surface area contributed by atoms with Crippen molar-refractivity contribution in [1.82, 2.24) is 20.3 Å². The molecule has 1 fully saturated rings. The predicted molar refractivity (Wildman–Crippen MR) is 56.3 cm³/mol. The third kappa shape index (κ3) is 2.54. The standard InChI is InChI=1S/C10H18N4O/c1-10(4-3-5-15-8-10)11-6-9-7-12-13-14(9)2/h7,11H,3-6,8H2,1-2H3. The quantitative estimate of drug-likeness (QED) is 0.788. The van der Waals surface area contributed by atoms with Gasteiger partial charge in [0.05, 0.1) is 18.5 Å². The predicted octanol–water partition coefficient (Wildman–Crippen LogP) is 0.474. The molecule has 1 aliphatic heterocycles. The summed E-state index contributed by atoms with van der Waals surface area (Å²) in [4.78, 5) is 0. The fourth-order valence-electron chi connectivity index (χ4n) is 1.85. The highest BCUT2D eigenvalue weighted by molar-refractivity contribution is 4.95. The van der Waals surface area contributed by atoms with Gasteiger partial charge < -0.3 is 10.1 Å². The van der Waals surface area contributed by atoms with Crippen LogP contribution in [0.25, 0.3) is 0 Å². The van der Waals surface area contributed by atoms with E-state index in [9.17, 15) is 0 Å². The van der Waals surface area contributed by atoms with Crippen molar-refractivity contribution in [2.75, 3.05) is 13.2 Å². The topological polar surface area (TPSA) is 52.0 Å². The van der Waals surface area contributed by atoms with Crippen LogP contribution in [0.5, 0.6) is 0 Å². The molecule has 0 saturated carbocycles. The van der Waals surface area contributed by atoms with Crippen molar-refractivity contribution < 1.29 is 4.74 Å².